The molecule has 0 aliphatic heterocycles. The predicted molar refractivity (Wildman–Crippen MR) is 70.2 cm³/mol. The summed E-state index contributed by atoms with van der Waals surface area (Å²) in [6, 6.07) is 0.415. The van der Waals surface area contributed by atoms with E-state index in [1.165, 1.54) is 32.1 Å². The Labute approximate surface area is 99.0 Å². The molecule has 0 radical (unpaired) electrons. The third kappa shape index (κ3) is 4.25. The van der Waals surface area contributed by atoms with Gasteiger partial charge in [0.25, 0.3) is 0 Å². The summed E-state index contributed by atoms with van der Waals surface area (Å²) in [5.74, 6) is 0.583. The molecule has 1 saturated carbocycles. The largest absolute Gasteiger partial charge is 0.401 e. The van der Waals surface area contributed by atoms with Crippen LogP contribution in [0.3, 0.4) is 0 Å². The van der Waals surface area contributed by atoms with Crippen molar-refractivity contribution in [3.63, 3.8) is 0 Å². The molecule has 0 aromatic carbocycles. The lowest BCUT2D eigenvalue weighted by atomic mass is 9.92. The molecule has 1 rings (SSSR count). The molecule has 1 fully saturated rings. The van der Waals surface area contributed by atoms with E-state index in [1.807, 2.05) is 6.08 Å². The monoisotopic (exact) mass is 223 g/mol. The number of aliphatic imine (C=N–C) groups is 1. The molecular formula is C13H25N3. The van der Waals surface area contributed by atoms with Crippen molar-refractivity contribution < 1.29 is 0 Å². The molecule has 0 atom stereocenters. The van der Waals surface area contributed by atoms with Crippen LogP contribution in [0.4, 0.5) is 0 Å². The van der Waals surface area contributed by atoms with Crippen molar-refractivity contribution in [1.82, 2.24) is 0 Å². The SMILES string of the molecule is CC(C)(C)C(N)=CC(N)=NC1CCCCC1. The lowest BCUT2D eigenvalue weighted by Crippen LogP contribution is -2.22. The topological polar surface area (TPSA) is 64.4 Å². The zero-order valence-corrected chi connectivity index (χ0v) is 10.8. The van der Waals surface area contributed by atoms with E-state index in [-0.39, 0.29) is 5.41 Å². The summed E-state index contributed by atoms with van der Waals surface area (Å²) in [7, 11) is 0. The maximum absolute atomic E-state index is 5.96. The number of rotatable bonds is 2. The first-order valence-electron chi connectivity index (χ1n) is 6.20. The van der Waals surface area contributed by atoms with Crippen LogP contribution in [0.15, 0.2) is 16.8 Å². The number of hydrogen-bond donors (Lipinski definition) is 2. The lowest BCUT2D eigenvalue weighted by molar-refractivity contribution is 0.443. The summed E-state index contributed by atoms with van der Waals surface area (Å²) in [5, 5.41) is 0. The van der Waals surface area contributed by atoms with Gasteiger partial charge < -0.3 is 11.5 Å². The highest BCUT2D eigenvalue weighted by Crippen LogP contribution is 2.22. The fourth-order valence-electron chi connectivity index (χ4n) is 1.83. The van der Waals surface area contributed by atoms with Crippen molar-refractivity contribution in [2.75, 3.05) is 0 Å². The van der Waals surface area contributed by atoms with E-state index in [4.69, 9.17) is 11.5 Å². The number of allylic oxidation sites excluding steroid dienone is 1. The molecule has 0 aromatic heterocycles. The summed E-state index contributed by atoms with van der Waals surface area (Å²) in [6.45, 7) is 6.23. The van der Waals surface area contributed by atoms with Crippen LogP contribution < -0.4 is 11.5 Å². The lowest BCUT2D eigenvalue weighted by Gasteiger charge is -2.20. The van der Waals surface area contributed by atoms with Gasteiger partial charge in [-0.2, -0.15) is 0 Å². The second-order valence-electron chi connectivity index (χ2n) is 5.70. The normalized spacial score (nSPS) is 21.2. The summed E-state index contributed by atoms with van der Waals surface area (Å²) in [4.78, 5) is 4.53. The summed E-state index contributed by atoms with van der Waals surface area (Å²) in [6.07, 6.45) is 8.05. The maximum Gasteiger partial charge on any atom is 0.120 e. The van der Waals surface area contributed by atoms with E-state index < -0.39 is 0 Å². The minimum atomic E-state index is -0.0350. The van der Waals surface area contributed by atoms with Crippen LogP contribution in [0.1, 0.15) is 52.9 Å². The summed E-state index contributed by atoms with van der Waals surface area (Å²) >= 11 is 0. The Morgan fingerprint density at radius 3 is 2.19 bits per heavy atom. The van der Waals surface area contributed by atoms with E-state index in [0.29, 0.717) is 11.9 Å². The predicted octanol–water partition coefficient (Wildman–Crippen LogP) is 2.57. The molecular weight excluding hydrogens is 198 g/mol. The zero-order valence-electron chi connectivity index (χ0n) is 10.8. The van der Waals surface area contributed by atoms with E-state index in [0.717, 1.165) is 5.70 Å². The zero-order chi connectivity index (χ0) is 12.2. The van der Waals surface area contributed by atoms with Gasteiger partial charge in [-0.05, 0) is 18.9 Å². The third-order valence-electron chi connectivity index (χ3n) is 3.08. The molecule has 0 heterocycles. The van der Waals surface area contributed by atoms with Crippen LogP contribution in [-0.4, -0.2) is 11.9 Å². The Bertz CT molecular complexity index is 278. The fourth-order valence-corrected chi connectivity index (χ4v) is 1.83. The average Bonchev–Trinajstić information content (AvgIpc) is 2.17. The van der Waals surface area contributed by atoms with Crippen LogP contribution in [0.25, 0.3) is 0 Å². The number of amidine groups is 1. The first-order chi connectivity index (χ1) is 7.39. The standard InChI is InChI=1S/C13H25N3/c1-13(2,3)11(14)9-12(15)16-10-7-5-4-6-8-10/h9-10H,4-8,14H2,1-3H3,(H2,15,16). The quantitative estimate of drug-likeness (QED) is 0.558. The minimum Gasteiger partial charge on any atom is -0.401 e. The Kier molecular flexibility index (Phi) is 4.39. The van der Waals surface area contributed by atoms with Crippen molar-refractivity contribution in [2.24, 2.45) is 21.9 Å². The molecule has 0 bridgehead atoms. The van der Waals surface area contributed by atoms with Gasteiger partial charge >= 0.3 is 0 Å². The van der Waals surface area contributed by atoms with Crippen LogP contribution in [-0.2, 0) is 0 Å². The molecule has 0 aromatic rings. The summed E-state index contributed by atoms with van der Waals surface area (Å²) in [5.41, 5.74) is 12.6. The van der Waals surface area contributed by atoms with Crippen molar-refractivity contribution in [3.05, 3.63) is 11.8 Å². The first-order valence-corrected chi connectivity index (χ1v) is 6.20. The van der Waals surface area contributed by atoms with Gasteiger partial charge in [0.15, 0.2) is 0 Å². The molecule has 4 N–H and O–H groups in total. The number of nitrogens with zero attached hydrogens (tertiary/aromatic N) is 1. The van der Waals surface area contributed by atoms with Crippen LogP contribution >= 0.6 is 0 Å². The molecule has 3 nitrogen and oxygen atoms in total. The molecule has 0 amide bonds. The van der Waals surface area contributed by atoms with Gasteiger partial charge in [-0.1, -0.05) is 40.0 Å². The van der Waals surface area contributed by atoms with E-state index in [1.54, 1.807) is 0 Å². The second kappa shape index (κ2) is 5.37. The smallest absolute Gasteiger partial charge is 0.120 e. The van der Waals surface area contributed by atoms with Gasteiger partial charge in [0.05, 0.1) is 6.04 Å². The molecule has 16 heavy (non-hydrogen) atoms. The summed E-state index contributed by atoms with van der Waals surface area (Å²) < 4.78 is 0. The van der Waals surface area contributed by atoms with Crippen LogP contribution in [0.5, 0.6) is 0 Å². The molecule has 0 saturated heterocycles. The van der Waals surface area contributed by atoms with Crippen molar-refractivity contribution >= 4 is 5.84 Å². The van der Waals surface area contributed by atoms with Gasteiger partial charge in [-0.3, -0.25) is 4.99 Å². The van der Waals surface area contributed by atoms with E-state index in [9.17, 15) is 0 Å². The highest BCUT2D eigenvalue weighted by atomic mass is 14.9. The van der Waals surface area contributed by atoms with Gasteiger partial charge in [0.2, 0.25) is 0 Å². The second-order valence-corrected chi connectivity index (χ2v) is 5.70. The van der Waals surface area contributed by atoms with Crippen molar-refractivity contribution in [1.29, 1.82) is 0 Å². The Morgan fingerprint density at radius 2 is 1.69 bits per heavy atom. The van der Waals surface area contributed by atoms with Gasteiger partial charge in [0, 0.05) is 11.1 Å². The van der Waals surface area contributed by atoms with Crippen molar-refractivity contribution in [3.8, 4) is 0 Å². The molecule has 0 unspecified atom stereocenters. The van der Waals surface area contributed by atoms with Crippen LogP contribution in [0.2, 0.25) is 0 Å². The number of nitrogens with two attached hydrogens (primary N) is 2. The molecule has 1 aliphatic rings. The average molecular weight is 223 g/mol. The van der Waals surface area contributed by atoms with Gasteiger partial charge in [0.1, 0.15) is 5.84 Å². The fraction of sp³-hybridized carbons (Fsp3) is 0.769. The highest BCUT2D eigenvalue weighted by Gasteiger charge is 2.15. The number of hydrogen-bond acceptors (Lipinski definition) is 2. The maximum atomic E-state index is 5.96. The third-order valence-corrected chi connectivity index (χ3v) is 3.08. The van der Waals surface area contributed by atoms with Crippen molar-refractivity contribution in [2.45, 2.75) is 58.9 Å². The van der Waals surface area contributed by atoms with Crippen LogP contribution in [0, 0.1) is 5.41 Å². The van der Waals surface area contributed by atoms with E-state index in [2.05, 4.69) is 25.8 Å². The van der Waals surface area contributed by atoms with Gasteiger partial charge in [-0.25, -0.2) is 0 Å². The molecule has 3 heteroatoms. The molecule has 92 valence electrons. The molecule has 0 spiro atoms. The van der Waals surface area contributed by atoms with E-state index >= 15 is 0 Å². The Balaban J connectivity index is 2.62. The molecule has 1 aliphatic carbocycles. The van der Waals surface area contributed by atoms with Gasteiger partial charge in [-0.15, -0.1) is 0 Å². The highest BCUT2D eigenvalue weighted by molar-refractivity contribution is 5.92. The Morgan fingerprint density at radius 1 is 1.12 bits per heavy atom. The Hall–Kier alpha value is -0.990. The minimum absolute atomic E-state index is 0.0350. The first kappa shape index (κ1) is 13.1.